The van der Waals surface area contributed by atoms with Crippen LogP contribution in [-0.4, -0.2) is 6.54 Å². The molecule has 0 radical (unpaired) electrons. The van der Waals surface area contributed by atoms with Crippen LogP contribution in [-0.2, 0) is 0 Å². The lowest BCUT2D eigenvalue weighted by molar-refractivity contribution is 0.292. The van der Waals surface area contributed by atoms with Crippen LogP contribution in [0.25, 0.3) is 0 Å². The molecule has 0 aromatic heterocycles. The Morgan fingerprint density at radius 3 is 2.53 bits per heavy atom. The molecule has 82 valence electrons. The molecule has 1 aliphatic rings. The van der Waals surface area contributed by atoms with E-state index < -0.39 is 0 Å². The Morgan fingerprint density at radius 2 is 2.00 bits per heavy atom. The predicted molar refractivity (Wildman–Crippen MR) is 72.9 cm³/mol. The maximum absolute atomic E-state index is 3.62. The van der Waals surface area contributed by atoms with Gasteiger partial charge in [-0.2, -0.15) is 0 Å². The number of benzene rings is 1. The van der Waals surface area contributed by atoms with Crippen molar-refractivity contribution >= 4 is 22.6 Å². The first-order valence-corrected chi connectivity index (χ1v) is 6.82. The average Bonchev–Trinajstić information content (AvgIpc) is 2.16. The van der Waals surface area contributed by atoms with Crippen LogP contribution in [0.2, 0.25) is 0 Å². The molecule has 1 N–H and O–H groups in total. The molecule has 0 amide bonds. The maximum atomic E-state index is 3.62. The van der Waals surface area contributed by atoms with Crippen LogP contribution in [0.5, 0.6) is 0 Å². The van der Waals surface area contributed by atoms with Gasteiger partial charge in [0.1, 0.15) is 0 Å². The second-order valence-electron chi connectivity index (χ2n) is 4.48. The Morgan fingerprint density at radius 1 is 1.33 bits per heavy atom. The van der Waals surface area contributed by atoms with Crippen molar-refractivity contribution in [3.05, 3.63) is 33.4 Å². The summed E-state index contributed by atoms with van der Waals surface area (Å²) in [5.74, 6) is 0.941. The Labute approximate surface area is 106 Å². The second kappa shape index (κ2) is 5.30. The van der Waals surface area contributed by atoms with E-state index >= 15 is 0 Å². The van der Waals surface area contributed by atoms with Crippen LogP contribution in [0.1, 0.15) is 37.8 Å². The van der Waals surface area contributed by atoms with Crippen LogP contribution in [0, 0.1) is 9.49 Å². The van der Waals surface area contributed by atoms with Gasteiger partial charge in [-0.15, -0.1) is 0 Å². The van der Waals surface area contributed by atoms with Gasteiger partial charge >= 0.3 is 0 Å². The van der Waals surface area contributed by atoms with E-state index in [-0.39, 0.29) is 0 Å². The zero-order valence-electron chi connectivity index (χ0n) is 9.17. The molecule has 1 aromatic rings. The number of halogens is 1. The van der Waals surface area contributed by atoms with Crippen molar-refractivity contribution in [1.29, 1.82) is 0 Å². The summed E-state index contributed by atoms with van der Waals surface area (Å²) in [6.07, 6.45) is 4.28. The van der Waals surface area contributed by atoms with E-state index in [0.717, 1.165) is 5.92 Å². The van der Waals surface area contributed by atoms with Gasteiger partial charge in [-0.3, -0.25) is 0 Å². The molecule has 1 aromatic carbocycles. The minimum atomic E-state index is 0.489. The fourth-order valence-corrected chi connectivity index (χ4v) is 2.27. The lowest BCUT2D eigenvalue weighted by Gasteiger charge is -2.27. The predicted octanol–water partition coefficient (Wildman–Crippen LogP) is 3.74. The summed E-state index contributed by atoms with van der Waals surface area (Å²) in [5.41, 5.74) is 1.40. The summed E-state index contributed by atoms with van der Waals surface area (Å²) in [6, 6.07) is 9.29. The van der Waals surface area contributed by atoms with Crippen molar-refractivity contribution in [2.24, 2.45) is 5.92 Å². The first-order chi connectivity index (χ1) is 7.25. The minimum Gasteiger partial charge on any atom is -0.310 e. The monoisotopic (exact) mass is 315 g/mol. The zero-order valence-corrected chi connectivity index (χ0v) is 11.3. The lowest BCUT2D eigenvalue weighted by Crippen LogP contribution is -2.29. The molecule has 1 atom stereocenters. The van der Waals surface area contributed by atoms with Crippen molar-refractivity contribution in [3.8, 4) is 0 Å². The van der Waals surface area contributed by atoms with Crippen molar-refractivity contribution in [3.63, 3.8) is 0 Å². The fraction of sp³-hybridized carbons (Fsp3) is 0.538. The van der Waals surface area contributed by atoms with Crippen LogP contribution in [0.4, 0.5) is 0 Å². The number of rotatable bonds is 4. The van der Waals surface area contributed by atoms with Gasteiger partial charge < -0.3 is 5.32 Å². The Hall–Kier alpha value is -0.0900. The smallest absolute Gasteiger partial charge is 0.0291 e. The maximum Gasteiger partial charge on any atom is 0.0291 e. The fourth-order valence-electron chi connectivity index (χ4n) is 1.91. The van der Waals surface area contributed by atoms with Crippen LogP contribution in [0.15, 0.2) is 24.3 Å². The van der Waals surface area contributed by atoms with Gasteiger partial charge in [0.05, 0.1) is 0 Å². The lowest BCUT2D eigenvalue weighted by atomic mass is 9.85. The van der Waals surface area contributed by atoms with E-state index in [1.54, 1.807) is 0 Å². The van der Waals surface area contributed by atoms with Crippen LogP contribution >= 0.6 is 22.6 Å². The number of hydrogen-bond donors (Lipinski definition) is 1. The minimum absolute atomic E-state index is 0.489. The van der Waals surface area contributed by atoms with Gasteiger partial charge in [-0.25, -0.2) is 0 Å². The van der Waals surface area contributed by atoms with Gasteiger partial charge in [-0.05, 0) is 72.5 Å². The van der Waals surface area contributed by atoms with E-state index in [2.05, 4.69) is 59.1 Å². The molecule has 0 bridgehead atoms. The van der Waals surface area contributed by atoms with E-state index in [4.69, 9.17) is 0 Å². The van der Waals surface area contributed by atoms with E-state index in [9.17, 15) is 0 Å². The summed E-state index contributed by atoms with van der Waals surface area (Å²) in [4.78, 5) is 0. The SMILES string of the molecule is CC(NCC1CCC1)c1ccc(I)cc1. The molecule has 2 rings (SSSR count). The topological polar surface area (TPSA) is 12.0 Å². The molecule has 1 saturated carbocycles. The van der Waals surface area contributed by atoms with Crippen LogP contribution < -0.4 is 5.32 Å². The third kappa shape index (κ3) is 3.18. The van der Waals surface area contributed by atoms with Gasteiger partial charge in [0.25, 0.3) is 0 Å². The van der Waals surface area contributed by atoms with Gasteiger partial charge in [0.15, 0.2) is 0 Å². The second-order valence-corrected chi connectivity index (χ2v) is 5.72. The molecule has 15 heavy (non-hydrogen) atoms. The normalized spacial score (nSPS) is 18.5. The zero-order chi connectivity index (χ0) is 10.7. The molecule has 1 nitrogen and oxygen atoms in total. The third-order valence-electron chi connectivity index (χ3n) is 3.31. The quantitative estimate of drug-likeness (QED) is 0.835. The van der Waals surface area contributed by atoms with Crippen molar-refractivity contribution in [2.75, 3.05) is 6.54 Å². The highest BCUT2D eigenvalue weighted by molar-refractivity contribution is 14.1. The molecule has 0 aliphatic heterocycles. The van der Waals surface area contributed by atoms with E-state index in [0.29, 0.717) is 6.04 Å². The first-order valence-electron chi connectivity index (χ1n) is 5.74. The molecule has 0 saturated heterocycles. The van der Waals surface area contributed by atoms with Gasteiger partial charge in [0.2, 0.25) is 0 Å². The van der Waals surface area contributed by atoms with Gasteiger partial charge in [0, 0.05) is 9.61 Å². The molecule has 1 aliphatic carbocycles. The Bertz CT molecular complexity index is 303. The Balaban J connectivity index is 1.83. The molecule has 1 fully saturated rings. The summed E-state index contributed by atoms with van der Waals surface area (Å²) in [6.45, 7) is 3.44. The standard InChI is InChI=1S/C13H18IN/c1-10(15-9-11-3-2-4-11)12-5-7-13(14)8-6-12/h5-8,10-11,15H,2-4,9H2,1H3. The molecule has 1 unspecified atom stereocenters. The largest absolute Gasteiger partial charge is 0.310 e. The highest BCUT2D eigenvalue weighted by Crippen LogP contribution is 2.26. The first kappa shape index (κ1) is 11.4. The van der Waals surface area contributed by atoms with Gasteiger partial charge in [-0.1, -0.05) is 18.6 Å². The third-order valence-corrected chi connectivity index (χ3v) is 4.03. The summed E-state index contributed by atoms with van der Waals surface area (Å²) in [5, 5.41) is 3.62. The average molecular weight is 315 g/mol. The summed E-state index contributed by atoms with van der Waals surface area (Å²) in [7, 11) is 0. The van der Waals surface area contributed by atoms with E-state index in [1.165, 1.54) is 34.9 Å². The highest BCUT2D eigenvalue weighted by Gasteiger charge is 2.17. The molecular formula is C13H18IN. The van der Waals surface area contributed by atoms with Crippen molar-refractivity contribution < 1.29 is 0 Å². The summed E-state index contributed by atoms with van der Waals surface area (Å²) >= 11 is 2.35. The molecular weight excluding hydrogens is 297 g/mol. The Kier molecular flexibility index (Phi) is 4.03. The van der Waals surface area contributed by atoms with Crippen molar-refractivity contribution in [1.82, 2.24) is 5.32 Å². The summed E-state index contributed by atoms with van der Waals surface area (Å²) < 4.78 is 1.31. The molecule has 0 heterocycles. The molecule has 2 heteroatoms. The highest BCUT2D eigenvalue weighted by atomic mass is 127. The number of hydrogen-bond acceptors (Lipinski definition) is 1. The number of nitrogens with one attached hydrogen (secondary N) is 1. The van der Waals surface area contributed by atoms with Crippen molar-refractivity contribution in [2.45, 2.75) is 32.2 Å². The van der Waals surface area contributed by atoms with E-state index in [1.807, 2.05) is 0 Å². The molecule has 0 spiro atoms. The van der Waals surface area contributed by atoms with Crippen LogP contribution in [0.3, 0.4) is 0 Å².